The molecule has 5 nitrogen and oxygen atoms in total. The Morgan fingerprint density at radius 1 is 1.15 bits per heavy atom. The van der Waals surface area contributed by atoms with Gasteiger partial charge in [0.05, 0.1) is 10.6 Å². The summed E-state index contributed by atoms with van der Waals surface area (Å²) in [6, 6.07) is 14.5. The molecule has 180 valence electrons. The number of amides is 2. The van der Waals surface area contributed by atoms with Crippen molar-refractivity contribution in [2.75, 3.05) is 31.6 Å². The summed E-state index contributed by atoms with van der Waals surface area (Å²) in [4.78, 5) is 31.1. The second-order valence-electron chi connectivity index (χ2n) is 8.97. The fourth-order valence-corrected chi connectivity index (χ4v) is 5.66. The Morgan fingerprint density at radius 2 is 1.88 bits per heavy atom. The number of nitrogens with one attached hydrogen (secondary N) is 1. The molecule has 0 spiro atoms. The zero-order valence-electron chi connectivity index (χ0n) is 19.6. The van der Waals surface area contributed by atoms with Gasteiger partial charge in [0.25, 0.3) is 5.91 Å². The number of carbonyl (C=O) groups excluding carboxylic acids is 2. The van der Waals surface area contributed by atoms with Gasteiger partial charge in [0, 0.05) is 23.0 Å². The van der Waals surface area contributed by atoms with E-state index in [1.807, 2.05) is 24.3 Å². The number of nitrogens with zero attached hydrogens (tertiary/aromatic N) is 2. The normalized spacial score (nSPS) is 17.8. The standard InChI is InChI=1S/C27H32FN3O2S/c1-30(21-11-3-2-4-12-21)17-9-16-29-26(32)19-31-23-14-7-8-15-24(23)34-25(27(31)33)18-20-10-5-6-13-22(20)28/h5-8,10,13-15,18,21H,2-4,9,11-12,16-17,19H2,1H3,(H,29,32)/b25-18-. The minimum absolute atomic E-state index is 0.0660. The molecule has 2 amide bonds. The van der Waals surface area contributed by atoms with E-state index in [-0.39, 0.29) is 24.2 Å². The molecule has 0 radical (unpaired) electrons. The molecule has 1 N–H and O–H groups in total. The van der Waals surface area contributed by atoms with Crippen molar-refractivity contribution in [2.24, 2.45) is 0 Å². The Labute approximate surface area is 205 Å². The second kappa shape index (κ2) is 11.7. The highest BCUT2D eigenvalue weighted by Crippen LogP contribution is 2.42. The van der Waals surface area contributed by atoms with E-state index >= 15 is 0 Å². The minimum atomic E-state index is -0.384. The predicted molar refractivity (Wildman–Crippen MR) is 136 cm³/mol. The van der Waals surface area contributed by atoms with Gasteiger partial charge in [-0.1, -0.05) is 61.4 Å². The average Bonchev–Trinajstić information content (AvgIpc) is 2.86. The van der Waals surface area contributed by atoms with Gasteiger partial charge in [0.2, 0.25) is 5.91 Å². The molecule has 0 saturated heterocycles. The van der Waals surface area contributed by atoms with Gasteiger partial charge in [0.15, 0.2) is 0 Å². The van der Waals surface area contributed by atoms with E-state index in [1.54, 1.807) is 24.3 Å². The Bertz CT molecular complexity index is 1050. The Balaban J connectivity index is 1.37. The number of thioether (sulfide) groups is 1. The van der Waals surface area contributed by atoms with Crippen molar-refractivity contribution in [3.8, 4) is 0 Å². The highest BCUT2D eigenvalue weighted by molar-refractivity contribution is 8.04. The summed E-state index contributed by atoms with van der Waals surface area (Å²) < 4.78 is 14.2. The van der Waals surface area contributed by atoms with Crippen molar-refractivity contribution >= 4 is 35.3 Å². The van der Waals surface area contributed by atoms with Gasteiger partial charge in [-0.05, 0) is 57.1 Å². The number of benzene rings is 2. The van der Waals surface area contributed by atoms with Crippen molar-refractivity contribution in [1.29, 1.82) is 0 Å². The zero-order valence-corrected chi connectivity index (χ0v) is 20.5. The summed E-state index contributed by atoms with van der Waals surface area (Å²) in [6.07, 6.45) is 8.92. The van der Waals surface area contributed by atoms with E-state index in [9.17, 15) is 14.0 Å². The maximum atomic E-state index is 14.2. The number of para-hydroxylation sites is 1. The molecule has 7 heteroatoms. The van der Waals surface area contributed by atoms with E-state index < -0.39 is 0 Å². The molecule has 34 heavy (non-hydrogen) atoms. The van der Waals surface area contributed by atoms with E-state index in [1.165, 1.54) is 54.8 Å². The molecule has 4 rings (SSSR count). The van der Waals surface area contributed by atoms with Crippen molar-refractivity contribution in [1.82, 2.24) is 10.2 Å². The van der Waals surface area contributed by atoms with E-state index in [4.69, 9.17) is 0 Å². The van der Waals surface area contributed by atoms with Gasteiger partial charge in [0.1, 0.15) is 12.4 Å². The number of rotatable bonds is 8. The molecule has 0 unspecified atom stereocenters. The summed E-state index contributed by atoms with van der Waals surface area (Å²) in [7, 11) is 2.17. The van der Waals surface area contributed by atoms with Crippen molar-refractivity contribution in [3.05, 3.63) is 64.8 Å². The summed E-state index contributed by atoms with van der Waals surface area (Å²) in [5.41, 5.74) is 1.06. The lowest BCUT2D eigenvalue weighted by atomic mass is 9.94. The summed E-state index contributed by atoms with van der Waals surface area (Å²) >= 11 is 1.30. The van der Waals surface area contributed by atoms with Gasteiger partial charge in [-0.2, -0.15) is 0 Å². The highest BCUT2D eigenvalue weighted by Gasteiger charge is 2.30. The SMILES string of the molecule is CN(CCCNC(=O)CN1C(=O)/C(=C/c2ccccc2F)Sc2ccccc21)C1CCCCC1. The Morgan fingerprint density at radius 3 is 2.68 bits per heavy atom. The number of hydrogen-bond acceptors (Lipinski definition) is 4. The van der Waals surface area contributed by atoms with Crippen LogP contribution in [-0.4, -0.2) is 49.4 Å². The molecule has 2 aliphatic rings. The largest absolute Gasteiger partial charge is 0.355 e. The fraction of sp³-hybridized carbons (Fsp3) is 0.407. The summed E-state index contributed by atoms with van der Waals surface area (Å²) in [6.45, 7) is 1.46. The summed E-state index contributed by atoms with van der Waals surface area (Å²) in [5.74, 6) is -0.871. The van der Waals surface area contributed by atoms with Gasteiger partial charge in [-0.15, -0.1) is 0 Å². The lowest BCUT2D eigenvalue weighted by Crippen LogP contribution is -2.43. The summed E-state index contributed by atoms with van der Waals surface area (Å²) in [5, 5.41) is 2.97. The van der Waals surface area contributed by atoms with Crippen LogP contribution < -0.4 is 10.2 Å². The quantitative estimate of drug-likeness (QED) is 0.422. The van der Waals surface area contributed by atoms with Crippen molar-refractivity contribution in [2.45, 2.75) is 49.5 Å². The molecular formula is C27H32FN3O2S. The van der Waals surface area contributed by atoms with Crippen LogP contribution in [0, 0.1) is 5.82 Å². The van der Waals surface area contributed by atoms with Crippen molar-refractivity contribution < 1.29 is 14.0 Å². The van der Waals surface area contributed by atoms with Crippen LogP contribution >= 0.6 is 11.8 Å². The topological polar surface area (TPSA) is 52.7 Å². The maximum Gasteiger partial charge on any atom is 0.265 e. The maximum absolute atomic E-state index is 14.2. The zero-order chi connectivity index (χ0) is 23.9. The Hall–Kier alpha value is -2.64. The number of halogens is 1. The molecule has 1 fully saturated rings. The average molecular weight is 482 g/mol. The second-order valence-corrected chi connectivity index (χ2v) is 10.1. The third kappa shape index (κ3) is 6.07. The van der Waals surface area contributed by atoms with Crippen LogP contribution in [0.15, 0.2) is 58.3 Å². The van der Waals surface area contributed by atoms with Crippen LogP contribution in [0.3, 0.4) is 0 Å². The third-order valence-corrected chi connectivity index (χ3v) is 7.61. The first kappa shape index (κ1) is 24.5. The molecule has 0 atom stereocenters. The molecule has 2 aromatic carbocycles. The van der Waals surface area contributed by atoms with E-state index in [0.717, 1.165) is 17.9 Å². The number of fused-ring (bicyclic) bond motifs is 1. The van der Waals surface area contributed by atoms with Crippen LogP contribution in [0.5, 0.6) is 0 Å². The van der Waals surface area contributed by atoms with Crippen LogP contribution in [-0.2, 0) is 9.59 Å². The van der Waals surface area contributed by atoms with Crippen LogP contribution in [0.1, 0.15) is 44.1 Å². The molecule has 2 aromatic rings. The monoisotopic (exact) mass is 481 g/mol. The molecule has 0 bridgehead atoms. The van der Waals surface area contributed by atoms with Crippen molar-refractivity contribution in [3.63, 3.8) is 0 Å². The van der Waals surface area contributed by atoms with Gasteiger partial charge < -0.3 is 10.2 Å². The first-order valence-corrected chi connectivity index (χ1v) is 12.9. The van der Waals surface area contributed by atoms with Crippen LogP contribution in [0.25, 0.3) is 6.08 Å². The molecular weight excluding hydrogens is 449 g/mol. The molecule has 0 aromatic heterocycles. The molecule has 1 heterocycles. The lowest BCUT2D eigenvalue weighted by Gasteiger charge is -2.31. The highest BCUT2D eigenvalue weighted by atomic mass is 32.2. The third-order valence-electron chi connectivity index (χ3n) is 6.53. The van der Waals surface area contributed by atoms with E-state index in [2.05, 4.69) is 17.3 Å². The minimum Gasteiger partial charge on any atom is -0.355 e. The molecule has 1 saturated carbocycles. The first-order chi connectivity index (χ1) is 16.5. The van der Waals surface area contributed by atoms with Crippen LogP contribution in [0.2, 0.25) is 0 Å². The molecule has 1 aliphatic heterocycles. The number of anilines is 1. The lowest BCUT2D eigenvalue weighted by molar-refractivity contribution is -0.122. The smallest absolute Gasteiger partial charge is 0.265 e. The Kier molecular flexibility index (Phi) is 8.40. The van der Waals surface area contributed by atoms with Gasteiger partial charge >= 0.3 is 0 Å². The first-order valence-electron chi connectivity index (χ1n) is 12.0. The fourth-order valence-electron chi connectivity index (χ4n) is 4.61. The molecule has 1 aliphatic carbocycles. The van der Waals surface area contributed by atoms with Gasteiger partial charge in [-0.3, -0.25) is 14.5 Å². The number of hydrogen-bond donors (Lipinski definition) is 1. The van der Waals surface area contributed by atoms with Gasteiger partial charge in [-0.25, -0.2) is 4.39 Å². The number of carbonyl (C=O) groups is 2. The van der Waals surface area contributed by atoms with Crippen LogP contribution in [0.4, 0.5) is 10.1 Å². The predicted octanol–water partition coefficient (Wildman–Crippen LogP) is 5.08. The van der Waals surface area contributed by atoms with E-state index in [0.29, 0.717) is 28.7 Å².